The summed E-state index contributed by atoms with van der Waals surface area (Å²) in [5, 5.41) is 0. The van der Waals surface area contributed by atoms with Crippen molar-refractivity contribution in [3.63, 3.8) is 0 Å². The molecule has 0 aliphatic heterocycles. The molecule has 0 N–H and O–H groups in total. The van der Waals surface area contributed by atoms with Gasteiger partial charge in [0.15, 0.2) is 0 Å². The van der Waals surface area contributed by atoms with Crippen molar-refractivity contribution in [1.82, 2.24) is 0 Å². The van der Waals surface area contributed by atoms with E-state index in [-0.39, 0.29) is 5.41 Å². The summed E-state index contributed by atoms with van der Waals surface area (Å²) in [5.41, 5.74) is -0.0766. The molecule has 0 aromatic heterocycles. The Labute approximate surface area is 118 Å². The van der Waals surface area contributed by atoms with Crippen molar-refractivity contribution in [2.45, 2.75) is 47.0 Å². The molecule has 0 spiro atoms. The fourth-order valence-electron chi connectivity index (χ4n) is 1.61. The summed E-state index contributed by atoms with van der Waals surface area (Å²) < 4.78 is 16.9. The van der Waals surface area contributed by atoms with Crippen LogP contribution < -0.4 is 0 Å². The Morgan fingerprint density at radius 2 is 1.47 bits per heavy atom. The van der Waals surface area contributed by atoms with Gasteiger partial charge >= 0.3 is 0 Å². The van der Waals surface area contributed by atoms with Gasteiger partial charge in [-0.05, 0) is 26.7 Å². The van der Waals surface area contributed by atoms with E-state index in [2.05, 4.69) is 13.8 Å². The summed E-state index contributed by atoms with van der Waals surface area (Å²) in [4.78, 5) is 0. The van der Waals surface area contributed by atoms with Crippen LogP contribution in [0.3, 0.4) is 0 Å². The van der Waals surface area contributed by atoms with Gasteiger partial charge in [0.1, 0.15) is 0 Å². The van der Waals surface area contributed by atoms with E-state index in [0.717, 1.165) is 25.9 Å². The van der Waals surface area contributed by atoms with E-state index >= 15 is 0 Å². The molecule has 0 radical (unpaired) electrons. The first-order valence-corrected chi connectivity index (χ1v) is 7.28. The van der Waals surface area contributed by atoms with Crippen LogP contribution in [0.5, 0.6) is 0 Å². The molecule has 3 nitrogen and oxygen atoms in total. The molecule has 0 unspecified atom stereocenters. The normalized spacial score (nSPS) is 12.4. The maximum absolute atomic E-state index is 5.78. The zero-order chi connectivity index (χ0) is 14.4. The van der Waals surface area contributed by atoms with Gasteiger partial charge in [-0.2, -0.15) is 0 Å². The van der Waals surface area contributed by atoms with Gasteiger partial charge in [0, 0.05) is 6.61 Å². The standard InChI is InChI=1S/C16H30O3/c1-5-9-12-19-15-16(8-4,13-17-10-6-2)14-18-11-7-3/h6-7,10-11H,5,8-9,12-15H2,1-4H3/b10-6+,11-7+. The number of hydrogen-bond donors (Lipinski definition) is 0. The molecule has 0 aliphatic carbocycles. The van der Waals surface area contributed by atoms with Crippen LogP contribution in [0, 0.1) is 5.41 Å². The second kappa shape index (κ2) is 12.1. The number of ether oxygens (including phenoxy) is 3. The summed E-state index contributed by atoms with van der Waals surface area (Å²) in [6, 6.07) is 0. The van der Waals surface area contributed by atoms with Crippen molar-refractivity contribution in [1.29, 1.82) is 0 Å². The van der Waals surface area contributed by atoms with Gasteiger partial charge in [-0.1, -0.05) is 32.4 Å². The lowest BCUT2D eigenvalue weighted by Crippen LogP contribution is -2.36. The summed E-state index contributed by atoms with van der Waals surface area (Å²) in [5.74, 6) is 0. The molecule has 0 heterocycles. The highest BCUT2D eigenvalue weighted by molar-refractivity contribution is 4.81. The molecule has 0 saturated carbocycles. The molecule has 0 rings (SSSR count). The Morgan fingerprint density at radius 1 is 0.895 bits per heavy atom. The second-order valence-electron chi connectivity index (χ2n) is 4.82. The Balaban J connectivity index is 4.35. The molecule has 0 aliphatic rings. The third-order valence-corrected chi connectivity index (χ3v) is 3.04. The highest BCUT2D eigenvalue weighted by Gasteiger charge is 2.30. The van der Waals surface area contributed by atoms with Gasteiger partial charge in [0.05, 0.1) is 37.8 Å². The van der Waals surface area contributed by atoms with Gasteiger partial charge in [0.25, 0.3) is 0 Å². The molecular formula is C16H30O3. The van der Waals surface area contributed by atoms with Crippen LogP contribution in [0.25, 0.3) is 0 Å². The van der Waals surface area contributed by atoms with Gasteiger partial charge in [-0.15, -0.1) is 0 Å². The van der Waals surface area contributed by atoms with E-state index in [4.69, 9.17) is 14.2 Å². The maximum atomic E-state index is 5.78. The molecule has 0 saturated heterocycles. The van der Waals surface area contributed by atoms with Crippen LogP contribution in [0.4, 0.5) is 0 Å². The van der Waals surface area contributed by atoms with Crippen LogP contribution in [-0.2, 0) is 14.2 Å². The molecule has 0 aromatic rings. The lowest BCUT2D eigenvalue weighted by molar-refractivity contribution is -0.0375. The average molecular weight is 270 g/mol. The van der Waals surface area contributed by atoms with E-state index in [9.17, 15) is 0 Å². The number of hydrogen-bond acceptors (Lipinski definition) is 3. The van der Waals surface area contributed by atoms with Crippen molar-refractivity contribution >= 4 is 0 Å². The zero-order valence-corrected chi connectivity index (χ0v) is 13.0. The third kappa shape index (κ3) is 8.71. The topological polar surface area (TPSA) is 27.7 Å². The minimum Gasteiger partial charge on any atom is -0.501 e. The summed E-state index contributed by atoms with van der Waals surface area (Å²) in [6.07, 6.45) is 10.5. The first-order valence-electron chi connectivity index (χ1n) is 7.28. The molecule has 3 heteroatoms. The number of allylic oxidation sites excluding steroid dienone is 2. The summed E-state index contributed by atoms with van der Waals surface area (Å²) >= 11 is 0. The molecule has 0 bridgehead atoms. The van der Waals surface area contributed by atoms with Crippen molar-refractivity contribution in [2.75, 3.05) is 26.4 Å². The van der Waals surface area contributed by atoms with E-state index < -0.39 is 0 Å². The predicted octanol–water partition coefficient (Wildman–Crippen LogP) is 4.30. The van der Waals surface area contributed by atoms with Crippen LogP contribution >= 0.6 is 0 Å². The predicted molar refractivity (Wildman–Crippen MR) is 80.0 cm³/mol. The van der Waals surface area contributed by atoms with Crippen molar-refractivity contribution in [3.8, 4) is 0 Å². The monoisotopic (exact) mass is 270 g/mol. The first-order chi connectivity index (χ1) is 9.24. The van der Waals surface area contributed by atoms with Gasteiger partial charge in [-0.25, -0.2) is 0 Å². The van der Waals surface area contributed by atoms with E-state index in [1.165, 1.54) is 0 Å². The Kier molecular flexibility index (Phi) is 11.5. The van der Waals surface area contributed by atoms with Crippen LogP contribution in [0.1, 0.15) is 47.0 Å². The second-order valence-corrected chi connectivity index (χ2v) is 4.82. The molecule has 0 aromatic carbocycles. The first kappa shape index (κ1) is 18.0. The fraction of sp³-hybridized carbons (Fsp3) is 0.750. The SMILES string of the molecule is C/C=C/OCC(CC)(CO/C=C/C)COCCCC. The van der Waals surface area contributed by atoms with Gasteiger partial charge < -0.3 is 14.2 Å². The van der Waals surface area contributed by atoms with E-state index in [1.807, 2.05) is 26.0 Å². The van der Waals surface area contributed by atoms with Crippen molar-refractivity contribution in [2.24, 2.45) is 5.41 Å². The molecule has 0 fully saturated rings. The zero-order valence-electron chi connectivity index (χ0n) is 13.0. The minimum absolute atomic E-state index is 0.0766. The molecule has 112 valence electrons. The number of rotatable bonds is 12. The Morgan fingerprint density at radius 3 is 1.89 bits per heavy atom. The fourth-order valence-corrected chi connectivity index (χ4v) is 1.61. The van der Waals surface area contributed by atoms with Crippen LogP contribution in [-0.4, -0.2) is 26.4 Å². The Bertz CT molecular complexity index is 230. The Hall–Kier alpha value is -0.960. The smallest absolute Gasteiger partial charge is 0.0984 e. The molecule has 0 atom stereocenters. The van der Waals surface area contributed by atoms with E-state index in [0.29, 0.717) is 19.8 Å². The van der Waals surface area contributed by atoms with Gasteiger partial charge in [0.2, 0.25) is 0 Å². The number of unbranched alkanes of at least 4 members (excludes halogenated alkanes) is 1. The summed E-state index contributed by atoms with van der Waals surface area (Å²) in [6.45, 7) is 10.9. The van der Waals surface area contributed by atoms with E-state index in [1.54, 1.807) is 12.5 Å². The minimum atomic E-state index is -0.0766. The maximum Gasteiger partial charge on any atom is 0.0984 e. The largest absolute Gasteiger partial charge is 0.501 e. The lowest BCUT2D eigenvalue weighted by Gasteiger charge is -2.31. The molecule has 0 amide bonds. The average Bonchev–Trinajstić information content (AvgIpc) is 2.43. The van der Waals surface area contributed by atoms with Crippen molar-refractivity contribution in [3.05, 3.63) is 24.7 Å². The van der Waals surface area contributed by atoms with Crippen molar-refractivity contribution < 1.29 is 14.2 Å². The highest BCUT2D eigenvalue weighted by atomic mass is 16.5. The van der Waals surface area contributed by atoms with Crippen LogP contribution in [0.15, 0.2) is 24.7 Å². The van der Waals surface area contributed by atoms with Gasteiger partial charge in [-0.3, -0.25) is 0 Å². The quantitative estimate of drug-likeness (QED) is 0.391. The third-order valence-electron chi connectivity index (χ3n) is 3.04. The highest BCUT2D eigenvalue weighted by Crippen LogP contribution is 2.24. The molecule has 19 heavy (non-hydrogen) atoms. The molecular weight excluding hydrogens is 240 g/mol. The van der Waals surface area contributed by atoms with Crippen LogP contribution in [0.2, 0.25) is 0 Å². The summed E-state index contributed by atoms with van der Waals surface area (Å²) in [7, 11) is 0. The lowest BCUT2D eigenvalue weighted by atomic mass is 9.88.